The Kier molecular flexibility index (Phi) is 6.15. The Balaban J connectivity index is 2.57. The lowest BCUT2D eigenvalue weighted by molar-refractivity contribution is -0.120. The third-order valence-corrected chi connectivity index (χ3v) is 2.65. The number of benzene rings is 1. The summed E-state index contributed by atoms with van der Waals surface area (Å²) in [6.07, 6.45) is 0.329. The van der Waals surface area contributed by atoms with Gasteiger partial charge in [0.15, 0.2) is 11.5 Å². The summed E-state index contributed by atoms with van der Waals surface area (Å²) >= 11 is 5.17. The van der Waals surface area contributed by atoms with E-state index in [1.165, 1.54) is 7.11 Å². The predicted molar refractivity (Wildman–Crippen MR) is 71.7 cm³/mol. The van der Waals surface area contributed by atoms with Crippen molar-refractivity contribution >= 4 is 22.8 Å². The molecule has 1 N–H and O–H groups in total. The van der Waals surface area contributed by atoms with Gasteiger partial charge in [0.1, 0.15) is 0 Å². The second-order valence-electron chi connectivity index (χ2n) is 3.82. The smallest absolute Gasteiger partial charge is 0.224 e. The number of rotatable bonds is 7. The summed E-state index contributed by atoms with van der Waals surface area (Å²) in [7, 11) is 3.08. The van der Waals surface area contributed by atoms with E-state index in [2.05, 4.69) is 5.32 Å². The fourth-order valence-electron chi connectivity index (χ4n) is 1.54. The number of amides is 1. The molecule has 0 atom stereocenters. The molecule has 0 saturated heterocycles. The molecule has 0 spiro atoms. The van der Waals surface area contributed by atoms with Gasteiger partial charge in [0.05, 0.1) is 20.6 Å². The molecular formula is C13H16ClNO4. The largest absolute Gasteiger partial charge is 0.493 e. The number of carbonyl (C=O) groups excluding carboxylic acids is 2. The van der Waals surface area contributed by atoms with Gasteiger partial charge in [-0.05, 0) is 29.3 Å². The molecule has 19 heavy (non-hydrogen) atoms. The monoisotopic (exact) mass is 285 g/mol. The summed E-state index contributed by atoms with van der Waals surface area (Å²) in [6.45, 7) is 0.245. The van der Waals surface area contributed by atoms with Gasteiger partial charge in [0.25, 0.3) is 0 Å². The van der Waals surface area contributed by atoms with E-state index < -0.39 is 5.24 Å². The lowest BCUT2D eigenvalue weighted by Crippen LogP contribution is -2.26. The van der Waals surface area contributed by atoms with E-state index in [0.29, 0.717) is 11.5 Å². The molecule has 1 aromatic carbocycles. The van der Waals surface area contributed by atoms with Crippen LogP contribution in [0.4, 0.5) is 0 Å². The van der Waals surface area contributed by atoms with Gasteiger partial charge in [0, 0.05) is 13.0 Å². The zero-order valence-corrected chi connectivity index (χ0v) is 11.6. The highest BCUT2D eigenvalue weighted by Gasteiger charge is 2.08. The Morgan fingerprint density at radius 2 is 1.89 bits per heavy atom. The van der Waals surface area contributed by atoms with E-state index in [1.807, 2.05) is 0 Å². The fraction of sp³-hybridized carbons (Fsp3) is 0.385. The summed E-state index contributed by atoms with van der Waals surface area (Å²) in [5.74, 6) is 1.01. The van der Waals surface area contributed by atoms with E-state index in [-0.39, 0.29) is 25.3 Å². The molecule has 0 bridgehead atoms. The van der Waals surface area contributed by atoms with E-state index in [9.17, 15) is 9.59 Å². The van der Waals surface area contributed by atoms with E-state index >= 15 is 0 Å². The molecule has 0 fully saturated rings. The SMILES string of the molecule is COc1ccc(CC(=O)NCCC(=O)Cl)cc1OC. The van der Waals surface area contributed by atoms with Crippen LogP contribution in [-0.4, -0.2) is 31.9 Å². The number of ether oxygens (including phenoxy) is 2. The maximum atomic E-state index is 11.6. The van der Waals surface area contributed by atoms with E-state index in [1.54, 1.807) is 25.3 Å². The normalized spacial score (nSPS) is 9.84. The van der Waals surface area contributed by atoms with E-state index in [4.69, 9.17) is 21.1 Å². The molecule has 1 rings (SSSR count). The van der Waals surface area contributed by atoms with Crippen LogP contribution < -0.4 is 14.8 Å². The minimum Gasteiger partial charge on any atom is -0.493 e. The predicted octanol–water partition coefficient (Wildman–Crippen LogP) is 1.52. The minimum absolute atomic E-state index is 0.124. The highest BCUT2D eigenvalue weighted by molar-refractivity contribution is 6.63. The van der Waals surface area contributed by atoms with Crippen molar-refractivity contribution in [3.8, 4) is 11.5 Å². The van der Waals surface area contributed by atoms with Crippen molar-refractivity contribution in [1.82, 2.24) is 5.32 Å². The van der Waals surface area contributed by atoms with Crippen LogP contribution in [0, 0.1) is 0 Å². The third-order valence-electron chi connectivity index (χ3n) is 2.46. The highest BCUT2D eigenvalue weighted by atomic mass is 35.5. The highest BCUT2D eigenvalue weighted by Crippen LogP contribution is 2.27. The van der Waals surface area contributed by atoms with Crippen molar-refractivity contribution < 1.29 is 19.1 Å². The number of hydrogen-bond donors (Lipinski definition) is 1. The second-order valence-corrected chi connectivity index (χ2v) is 4.24. The summed E-state index contributed by atoms with van der Waals surface area (Å²) in [4.78, 5) is 22.1. The molecule has 1 amide bonds. The van der Waals surface area contributed by atoms with Gasteiger partial charge in [-0.15, -0.1) is 0 Å². The molecule has 5 nitrogen and oxygen atoms in total. The molecule has 0 saturated carbocycles. The Morgan fingerprint density at radius 3 is 2.47 bits per heavy atom. The summed E-state index contributed by atoms with van der Waals surface area (Å²) in [5.41, 5.74) is 0.798. The van der Waals surface area contributed by atoms with Gasteiger partial charge < -0.3 is 14.8 Å². The first-order chi connectivity index (χ1) is 9.06. The average molecular weight is 286 g/mol. The van der Waals surface area contributed by atoms with Crippen molar-refractivity contribution in [2.75, 3.05) is 20.8 Å². The van der Waals surface area contributed by atoms with Crippen molar-refractivity contribution in [3.63, 3.8) is 0 Å². The second kappa shape index (κ2) is 7.63. The molecule has 0 aliphatic heterocycles. The van der Waals surface area contributed by atoms with Crippen LogP contribution in [0.15, 0.2) is 18.2 Å². The third kappa shape index (κ3) is 5.18. The molecular weight excluding hydrogens is 270 g/mol. The summed E-state index contributed by atoms with van der Waals surface area (Å²) in [6, 6.07) is 5.27. The number of nitrogens with one attached hydrogen (secondary N) is 1. The first-order valence-corrected chi connectivity index (χ1v) is 6.10. The van der Waals surface area contributed by atoms with Gasteiger partial charge in [-0.1, -0.05) is 6.07 Å². The van der Waals surface area contributed by atoms with Gasteiger partial charge in [-0.25, -0.2) is 0 Å². The summed E-state index contributed by atoms with van der Waals surface area (Å²) < 4.78 is 10.3. The first kappa shape index (κ1) is 15.3. The Bertz CT molecular complexity index is 462. The molecule has 0 heterocycles. The lowest BCUT2D eigenvalue weighted by Gasteiger charge is -2.09. The Labute approximate surface area is 116 Å². The molecule has 0 aromatic heterocycles. The fourth-order valence-corrected chi connectivity index (χ4v) is 1.63. The number of hydrogen-bond acceptors (Lipinski definition) is 4. The van der Waals surface area contributed by atoms with Crippen molar-refractivity contribution in [3.05, 3.63) is 23.8 Å². The first-order valence-electron chi connectivity index (χ1n) is 5.72. The van der Waals surface area contributed by atoms with Gasteiger partial charge >= 0.3 is 0 Å². The topological polar surface area (TPSA) is 64.6 Å². The van der Waals surface area contributed by atoms with Crippen molar-refractivity contribution in [1.29, 1.82) is 0 Å². The number of carbonyl (C=O) groups is 2. The quantitative estimate of drug-likeness (QED) is 0.772. The Morgan fingerprint density at radius 1 is 1.21 bits per heavy atom. The average Bonchev–Trinajstić information content (AvgIpc) is 2.38. The van der Waals surface area contributed by atoms with Crippen molar-refractivity contribution in [2.45, 2.75) is 12.8 Å². The molecule has 0 unspecified atom stereocenters. The molecule has 6 heteroatoms. The molecule has 0 aliphatic carbocycles. The van der Waals surface area contributed by atoms with Crippen LogP contribution in [0.1, 0.15) is 12.0 Å². The number of halogens is 1. The van der Waals surface area contributed by atoms with Gasteiger partial charge in [-0.2, -0.15) is 0 Å². The van der Waals surface area contributed by atoms with Crippen LogP contribution in [0.3, 0.4) is 0 Å². The van der Waals surface area contributed by atoms with E-state index in [0.717, 1.165) is 5.56 Å². The van der Waals surface area contributed by atoms with Gasteiger partial charge in [-0.3, -0.25) is 9.59 Å². The van der Waals surface area contributed by atoms with Crippen LogP contribution in [0.5, 0.6) is 11.5 Å². The van der Waals surface area contributed by atoms with Gasteiger partial charge in [0.2, 0.25) is 11.1 Å². The maximum absolute atomic E-state index is 11.6. The van der Waals surface area contributed by atoms with Crippen LogP contribution >= 0.6 is 11.6 Å². The molecule has 1 aromatic rings. The summed E-state index contributed by atoms with van der Waals surface area (Å²) in [5, 5.41) is 2.15. The zero-order chi connectivity index (χ0) is 14.3. The standard InChI is InChI=1S/C13H16ClNO4/c1-18-10-4-3-9(7-11(10)19-2)8-13(17)15-6-5-12(14)16/h3-4,7H,5-6,8H2,1-2H3,(H,15,17). The molecule has 0 aliphatic rings. The van der Waals surface area contributed by atoms with Crippen LogP contribution in [-0.2, 0) is 16.0 Å². The maximum Gasteiger partial charge on any atom is 0.224 e. The lowest BCUT2D eigenvalue weighted by atomic mass is 10.1. The zero-order valence-electron chi connectivity index (χ0n) is 10.9. The molecule has 104 valence electrons. The minimum atomic E-state index is -0.466. The molecule has 0 radical (unpaired) electrons. The number of methoxy groups -OCH3 is 2. The Hall–Kier alpha value is -1.75. The van der Waals surface area contributed by atoms with Crippen LogP contribution in [0.2, 0.25) is 0 Å². The van der Waals surface area contributed by atoms with Crippen LogP contribution in [0.25, 0.3) is 0 Å². The van der Waals surface area contributed by atoms with Crippen molar-refractivity contribution in [2.24, 2.45) is 0 Å².